The number of rotatable bonds is 21. The van der Waals surface area contributed by atoms with Gasteiger partial charge < -0.3 is 64.2 Å². The zero-order valence-electron chi connectivity index (χ0n) is 42.6. The topological polar surface area (TPSA) is 242 Å². The van der Waals surface area contributed by atoms with E-state index in [1.165, 1.54) is 51.4 Å². The third-order valence-corrected chi connectivity index (χ3v) is 5.39. The van der Waals surface area contributed by atoms with Crippen molar-refractivity contribution in [1.29, 1.82) is 0 Å². The van der Waals surface area contributed by atoms with Gasteiger partial charge in [0.25, 0.3) is 0 Å². The van der Waals surface area contributed by atoms with Crippen LogP contribution in [-0.2, 0) is 38.1 Å². The van der Waals surface area contributed by atoms with Crippen molar-refractivity contribution in [2.75, 3.05) is 86.9 Å². The lowest BCUT2D eigenvalue weighted by atomic mass is 10.1. The molecule has 0 amide bonds. The highest BCUT2D eigenvalue weighted by molar-refractivity contribution is 5.66. The van der Waals surface area contributed by atoms with Crippen LogP contribution in [-0.4, -0.2) is 153 Å². The Morgan fingerprint density at radius 1 is 0.656 bits per heavy atom. The lowest BCUT2D eigenvalue weighted by Gasteiger charge is -2.04. The maximum absolute atomic E-state index is 9.60. The molecule has 0 radical (unpaired) electrons. The smallest absolute Gasteiger partial charge is 0.303 e. The van der Waals surface area contributed by atoms with Crippen LogP contribution >= 0.6 is 0 Å². The number of carboxylic acid groups (broad SMARTS) is 2. The van der Waals surface area contributed by atoms with Gasteiger partial charge in [-0.05, 0) is 94.9 Å². The predicted octanol–water partition coefficient (Wildman–Crippen LogP) is 10.7. The fraction of sp³-hybridized carbons (Fsp3) is 0.898. The number of hydrogen-bond donors (Lipinski definition) is 7. The third-order valence-electron chi connectivity index (χ3n) is 5.39. The molecule has 1 saturated heterocycles. The third kappa shape index (κ3) is 309. The van der Waals surface area contributed by atoms with Crippen molar-refractivity contribution in [2.24, 2.45) is 0 Å². The molecule has 0 aromatic carbocycles. The average molecular weight is 947 g/mol. The van der Waals surface area contributed by atoms with Crippen LogP contribution in [0.1, 0.15) is 196 Å². The Kier molecular flexibility index (Phi) is 186. The van der Waals surface area contributed by atoms with Gasteiger partial charge in [-0.15, -0.1) is 0 Å². The molecule has 15 nitrogen and oxygen atoms in total. The Labute approximate surface area is 398 Å². The molecule has 404 valence electrons. The number of carboxylic acids is 2. The second-order valence-electron chi connectivity index (χ2n) is 12.4. The zero-order chi connectivity index (χ0) is 50.4. The summed E-state index contributed by atoms with van der Waals surface area (Å²) in [7, 11) is 2.68. The number of unbranched alkanes of at least 4 members (excludes halogenated alkanes) is 6. The minimum atomic E-state index is -0.745. The molecule has 1 rings (SSSR count). The van der Waals surface area contributed by atoms with Crippen molar-refractivity contribution in [2.45, 2.75) is 208 Å². The SMILES string of the molecule is C.C.C.C/C=C/CCO.C=O.CC(C)(C)O.CCC(=O)O.CCC1CO1.CCCC(=O)O.CCCCCCCCCOCC.CCO.CCOC.CCOCC.CCOCCO.CO. The standard InChI is InChI=1S/C11H24O.C5H10O.C4H10O2.C4H8O2.C4H8O.2C4H10O.C3H6O2.C3H8O.C2H6O.CH4O.CH2O.3CH4/c1-3-5-6-7-8-9-10-11-12-4-2;1-2-3-4-5-6;1-2-6-4-3-5;1-2-3-4(5)6;1-2-4-3-5-4;1-4(2,3)5;1-3-5-4-2;1-2-3(4)5;1-3-4-2;1-2-3;2*1-2;;;/h3-11H2,1-2H3;2-3,6H,4-5H2,1H3;5H,2-4H2,1H3;2-3H2,1H3,(H,5,6);4H,2-3H2,1H3;5H,1-3H3;3-4H2,1-2H3;2H2,1H3,(H,4,5);3H2,1-2H3;3H,2H2,1H3;2H,1H3;1H2;3*1H4/b;3-2+;;;;;;;;;;;;;. The monoisotopic (exact) mass is 947 g/mol. The zero-order valence-corrected chi connectivity index (χ0v) is 42.6. The number of aliphatic hydroxyl groups is 5. The van der Waals surface area contributed by atoms with Crippen molar-refractivity contribution in [3.63, 3.8) is 0 Å². The lowest BCUT2D eigenvalue weighted by molar-refractivity contribution is -0.137. The van der Waals surface area contributed by atoms with E-state index < -0.39 is 17.5 Å². The Hall–Kier alpha value is -2.05. The number of allylic oxidation sites excluding steroid dienone is 1. The first-order valence-corrected chi connectivity index (χ1v) is 22.1. The molecule has 0 spiro atoms. The highest BCUT2D eigenvalue weighted by atomic mass is 16.6. The molecule has 1 aliphatic rings. The quantitative estimate of drug-likeness (QED) is 0.0321. The van der Waals surface area contributed by atoms with Gasteiger partial charge in [0, 0.05) is 79.9 Å². The van der Waals surface area contributed by atoms with Crippen molar-refractivity contribution in [1.82, 2.24) is 0 Å². The number of methoxy groups -OCH3 is 1. The first-order valence-electron chi connectivity index (χ1n) is 22.1. The number of aliphatic hydroxyl groups excluding tert-OH is 4. The van der Waals surface area contributed by atoms with Gasteiger partial charge in [-0.25, -0.2) is 0 Å². The average Bonchev–Trinajstić information content (AvgIpc) is 4.08. The minimum Gasteiger partial charge on any atom is -0.481 e. The summed E-state index contributed by atoms with van der Waals surface area (Å²) in [5.74, 6) is -1.46. The van der Waals surface area contributed by atoms with Crippen LogP contribution in [0.2, 0.25) is 0 Å². The molecule has 0 aliphatic carbocycles. The van der Waals surface area contributed by atoms with Crippen LogP contribution in [0, 0.1) is 0 Å². The molecule has 0 aromatic heterocycles. The fourth-order valence-electron chi connectivity index (χ4n) is 2.48. The number of carbonyl (C=O) groups excluding carboxylic acids is 1. The van der Waals surface area contributed by atoms with Crippen LogP contribution in [0.3, 0.4) is 0 Å². The summed E-state index contributed by atoms with van der Waals surface area (Å²) in [4.78, 5) is 27.0. The Balaban J connectivity index is -0.0000000364. The molecule has 0 aromatic rings. The lowest BCUT2D eigenvalue weighted by Crippen LogP contribution is -2.10. The van der Waals surface area contributed by atoms with E-state index in [4.69, 9.17) is 59.5 Å². The predicted molar refractivity (Wildman–Crippen MR) is 275 cm³/mol. The number of carbonyl (C=O) groups is 3. The van der Waals surface area contributed by atoms with E-state index in [1.54, 1.807) is 41.7 Å². The second-order valence-corrected chi connectivity index (χ2v) is 12.4. The van der Waals surface area contributed by atoms with Crippen molar-refractivity contribution in [3.8, 4) is 0 Å². The van der Waals surface area contributed by atoms with E-state index in [0.29, 0.717) is 25.7 Å². The number of hydrogen-bond acceptors (Lipinski definition) is 13. The van der Waals surface area contributed by atoms with Gasteiger partial charge >= 0.3 is 11.9 Å². The van der Waals surface area contributed by atoms with E-state index in [0.717, 1.165) is 59.6 Å². The summed E-state index contributed by atoms with van der Waals surface area (Å²) in [5, 5.41) is 54.9. The van der Waals surface area contributed by atoms with E-state index in [-0.39, 0.29) is 48.5 Å². The summed E-state index contributed by atoms with van der Waals surface area (Å²) < 4.78 is 24.2. The summed E-state index contributed by atoms with van der Waals surface area (Å²) in [6.45, 7) is 35.7. The minimum absolute atomic E-state index is 0. The van der Waals surface area contributed by atoms with Crippen molar-refractivity contribution in [3.05, 3.63) is 12.2 Å². The van der Waals surface area contributed by atoms with Crippen LogP contribution in [0.4, 0.5) is 0 Å². The molecular weight excluding hydrogens is 829 g/mol. The molecule has 1 fully saturated rings. The van der Waals surface area contributed by atoms with E-state index >= 15 is 0 Å². The Morgan fingerprint density at radius 3 is 1.14 bits per heavy atom. The van der Waals surface area contributed by atoms with Gasteiger partial charge in [0.15, 0.2) is 0 Å². The van der Waals surface area contributed by atoms with Gasteiger partial charge in [0.1, 0.15) is 6.79 Å². The first kappa shape index (κ1) is 100. The number of aliphatic carboxylic acids is 2. The maximum Gasteiger partial charge on any atom is 0.303 e. The van der Waals surface area contributed by atoms with Gasteiger partial charge in [0.05, 0.1) is 31.5 Å². The number of ether oxygens (including phenoxy) is 5. The Bertz CT molecular complexity index is 637. The normalized spacial score (nSPS) is 10.3. The maximum atomic E-state index is 9.60. The fourth-order valence-corrected chi connectivity index (χ4v) is 2.48. The van der Waals surface area contributed by atoms with E-state index in [1.807, 2.05) is 60.5 Å². The van der Waals surface area contributed by atoms with Crippen molar-refractivity contribution >= 4 is 18.7 Å². The van der Waals surface area contributed by atoms with E-state index in [2.05, 4.69) is 25.5 Å². The largest absolute Gasteiger partial charge is 0.481 e. The van der Waals surface area contributed by atoms with Gasteiger partial charge in [0.2, 0.25) is 0 Å². The number of epoxide rings is 1. The molecule has 1 atom stereocenters. The summed E-state index contributed by atoms with van der Waals surface area (Å²) in [5.41, 5.74) is -0.500. The van der Waals surface area contributed by atoms with Crippen LogP contribution in [0.15, 0.2) is 12.2 Å². The molecule has 0 saturated carbocycles. The molecular formula is C49H118O15. The Morgan fingerprint density at radius 2 is 1.00 bits per heavy atom. The van der Waals surface area contributed by atoms with Gasteiger partial charge in [-0.1, -0.05) is 101 Å². The summed E-state index contributed by atoms with van der Waals surface area (Å²) >= 11 is 0. The molecule has 7 N–H and O–H groups in total. The molecule has 1 unspecified atom stereocenters. The van der Waals surface area contributed by atoms with Crippen molar-refractivity contribution < 1.29 is 73.8 Å². The summed E-state index contributed by atoms with van der Waals surface area (Å²) in [6.07, 6.45) is 17.3. The second kappa shape index (κ2) is 119. The van der Waals surface area contributed by atoms with Crippen LogP contribution < -0.4 is 0 Å². The summed E-state index contributed by atoms with van der Waals surface area (Å²) in [6, 6.07) is 0. The molecule has 15 heteroatoms. The van der Waals surface area contributed by atoms with Gasteiger partial charge in [-0.2, -0.15) is 0 Å². The first-order chi connectivity index (χ1) is 29.0. The van der Waals surface area contributed by atoms with Crippen LogP contribution in [0.25, 0.3) is 0 Å². The highest BCUT2D eigenvalue weighted by Crippen LogP contribution is 2.11. The molecule has 1 aliphatic heterocycles. The molecule has 1 heterocycles. The van der Waals surface area contributed by atoms with E-state index in [9.17, 15) is 9.59 Å². The molecule has 0 bridgehead atoms. The van der Waals surface area contributed by atoms with Crippen LogP contribution in [0.5, 0.6) is 0 Å². The molecule has 64 heavy (non-hydrogen) atoms. The van der Waals surface area contributed by atoms with Gasteiger partial charge in [-0.3, -0.25) is 9.59 Å². The highest BCUT2D eigenvalue weighted by Gasteiger charge is 2.18.